The Morgan fingerprint density at radius 3 is 2.36 bits per heavy atom. The Kier molecular flexibility index (Phi) is 7.48. The summed E-state index contributed by atoms with van der Waals surface area (Å²) in [5.41, 5.74) is 3.45. The molecule has 0 bridgehead atoms. The molecular formula is C31H30NO4-. The minimum absolute atomic E-state index is 0.121. The quantitative estimate of drug-likeness (QED) is 0.349. The molecule has 1 aliphatic rings. The molecule has 2 unspecified atom stereocenters. The fraction of sp³-hybridized carbons (Fsp3) is 0.258. The molecule has 0 radical (unpaired) electrons. The van der Waals surface area contributed by atoms with Crippen molar-refractivity contribution in [3.8, 4) is 5.75 Å². The first-order chi connectivity index (χ1) is 17.7. The van der Waals surface area contributed by atoms with Gasteiger partial charge in [0.15, 0.2) is 0 Å². The molecule has 184 valence electrons. The summed E-state index contributed by atoms with van der Waals surface area (Å²) in [5.74, 6) is 0.996. The third-order valence-electron chi connectivity index (χ3n) is 6.91. The van der Waals surface area contributed by atoms with Crippen molar-refractivity contribution in [2.24, 2.45) is 0 Å². The van der Waals surface area contributed by atoms with Crippen molar-refractivity contribution in [1.82, 2.24) is 4.90 Å². The minimum Gasteiger partial charge on any atom is -0.530 e. The van der Waals surface area contributed by atoms with Crippen molar-refractivity contribution in [3.05, 3.63) is 114 Å². The second-order valence-corrected chi connectivity index (χ2v) is 9.29. The highest BCUT2D eigenvalue weighted by atomic mass is 16.5. The molecule has 1 amide bonds. The van der Waals surface area contributed by atoms with Gasteiger partial charge in [0.2, 0.25) is 0 Å². The number of carboxylic acid groups (broad SMARTS) is 1. The lowest BCUT2D eigenvalue weighted by molar-refractivity contribution is -0.268. The van der Waals surface area contributed by atoms with E-state index in [0.29, 0.717) is 32.7 Å². The average Bonchev–Trinajstić information content (AvgIpc) is 2.92. The maximum atomic E-state index is 11.6. The van der Waals surface area contributed by atoms with Crippen molar-refractivity contribution < 1.29 is 19.4 Å². The predicted molar refractivity (Wildman–Crippen MR) is 139 cm³/mol. The number of benzene rings is 4. The van der Waals surface area contributed by atoms with E-state index in [0.717, 1.165) is 17.7 Å². The summed E-state index contributed by atoms with van der Waals surface area (Å²) < 4.78 is 12.2. The van der Waals surface area contributed by atoms with Crippen LogP contribution in [0.5, 0.6) is 5.75 Å². The minimum atomic E-state index is -1.14. The number of carbonyl (C=O) groups excluding carboxylic acids is 1. The van der Waals surface area contributed by atoms with E-state index in [-0.39, 0.29) is 12.0 Å². The van der Waals surface area contributed by atoms with Crippen LogP contribution in [0.1, 0.15) is 29.0 Å². The first-order valence-corrected chi connectivity index (χ1v) is 12.5. The zero-order chi connectivity index (χ0) is 24.7. The normalized spacial score (nSPS) is 17.7. The Balaban J connectivity index is 1.24. The first-order valence-electron chi connectivity index (χ1n) is 12.5. The van der Waals surface area contributed by atoms with Gasteiger partial charge in [-0.1, -0.05) is 78.9 Å². The van der Waals surface area contributed by atoms with Gasteiger partial charge < -0.3 is 24.3 Å². The molecule has 5 heteroatoms. The number of hydrogen-bond acceptors (Lipinski definition) is 4. The number of likely N-dealkylation sites (tertiary alicyclic amines) is 1. The number of para-hydroxylation sites is 1. The van der Waals surface area contributed by atoms with Gasteiger partial charge in [0.1, 0.15) is 11.8 Å². The maximum Gasteiger partial charge on any atom is 0.137 e. The van der Waals surface area contributed by atoms with Gasteiger partial charge in [-0.25, -0.2) is 0 Å². The molecule has 0 aliphatic carbocycles. The molecule has 5 rings (SSSR count). The molecule has 0 aromatic heterocycles. The van der Waals surface area contributed by atoms with Crippen LogP contribution in [0.2, 0.25) is 0 Å². The predicted octanol–water partition coefficient (Wildman–Crippen LogP) is 5.18. The highest BCUT2D eigenvalue weighted by Gasteiger charge is 2.31. The molecule has 1 heterocycles. The average molecular weight is 481 g/mol. The summed E-state index contributed by atoms with van der Waals surface area (Å²) in [5, 5.41) is 13.9. The standard InChI is InChI=1S/C31H31NO4/c33-31(34)32-18-16-29(26-14-10-23(11-15-26)17-19-35-28-8-2-1-3-9-28)30(21-32)36-22-24-12-13-25-6-4-5-7-27(25)20-24/h1-15,20,29-30H,16-19,21-22H2,(H,33,34)/p-1. The van der Waals surface area contributed by atoms with Gasteiger partial charge in [0.25, 0.3) is 0 Å². The number of fused-ring (bicyclic) bond motifs is 1. The zero-order valence-corrected chi connectivity index (χ0v) is 20.2. The maximum absolute atomic E-state index is 11.6. The number of piperidine rings is 1. The summed E-state index contributed by atoms with van der Waals surface area (Å²) in [6, 6.07) is 32.9. The van der Waals surface area contributed by atoms with Crippen LogP contribution in [-0.4, -0.2) is 36.8 Å². The summed E-state index contributed by atoms with van der Waals surface area (Å²) >= 11 is 0. The van der Waals surface area contributed by atoms with E-state index in [4.69, 9.17) is 9.47 Å². The molecule has 1 saturated heterocycles. The second kappa shape index (κ2) is 11.3. The SMILES string of the molecule is O=C([O-])N1CCC(c2ccc(CCOc3ccccc3)cc2)C(OCc2ccc3ccccc3c2)C1. The van der Waals surface area contributed by atoms with E-state index in [1.807, 2.05) is 42.5 Å². The van der Waals surface area contributed by atoms with Crippen LogP contribution in [-0.2, 0) is 17.8 Å². The van der Waals surface area contributed by atoms with E-state index < -0.39 is 6.09 Å². The van der Waals surface area contributed by atoms with E-state index in [1.54, 1.807) is 0 Å². The van der Waals surface area contributed by atoms with Gasteiger partial charge in [-0.05, 0) is 52.1 Å². The molecule has 1 fully saturated rings. The second-order valence-electron chi connectivity index (χ2n) is 9.29. The lowest BCUT2D eigenvalue weighted by atomic mass is 9.86. The van der Waals surface area contributed by atoms with Crippen LogP contribution in [0.4, 0.5) is 4.79 Å². The Morgan fingerprint density at radius 2 is 1.58 bits per heavy atom. The third kappa shape index (κ3) is 5.86. The molecule has 5 nitrogen and oxygen atoms in total. The Labute approximate surface area is 211 Å². The van der Waals surface area contributed by atoms with E-state index in [2.05, 4.69) is 54.6 Å². The number of carbonyl (C=O) groups is 1. The van der Waals surface area contributed by atoms with Gasteiger partial charge in [-0.3, -0.25) is 0 Å². The smallest absolute Gasteiger partial charge is 0.137 e. The lowest BCUT2D eigenvalue weighted by Gasteiger charge is -2.40. The number of ether oxygens (including phenoxy) is 2. The van der Waals surface area contributed by atoms with E-state index in [1.165, 1.54) is 26.8 Å². The molecule has 36 heavy (non-hydrogen) atoms. The molecule has 0 spiro atoms. The Morgan fingerprint density at radius 1 is 0.861 bits per heavy atom. The third-order valence-corrected chi connectivity index (χ3v) is 6.91. The highest BCUT2D eigenvalue weighted by Crippen LogP contribution is 2.31. The van der Waals surface area contributed by atoms with Crippen LogP contribution < -0.4 is 9.84 Å². The van der Waals surface area contributed by atoms with Crippen molar-refractivity contribution in [2.45, 2.75) is 31.5 Å². The Bertz CT molecular complexity index is 1290. The first kappa shape index (κ1) is 23.9. The van der Waals surface area contributed by atoms with Gasteiger partial charge >= 0.3 is 0 Å². The molecule has 1 aliphatic heterocycles. The summed E-state index contributed by atoms with van der Waals surface area (Å²) in [6.07, 6.45) is 0.143. The number of amides is 1. The summed E-state index contributed by atoms with van der Waals surface area (Å²) in [4.78, 5) is 12.9. The molecule has 4 aromatic carbocycles. The largest absolute Gasteiger partial charge is 0.530 e. The van der Waals surface area contributed by atoms with Gasteiger partial charge in [0, 0.05) is 25.4 Å². The molecular weight excluding hydrogens is 450 g/mol. The lowest BCUT2D eigenvalue weighted by Crippen LogP contribution is -2.51. The van der Waals surface area contributed by atoms with Gasteiger partial charge in [0.05, 0.1) is 19.3 Å². The Hall–Kier alpha value is -3.83. The van der Waals surface area contributed by atoms with Crippen LogP contribution in [0, 0.1) is 0 Å². The molecule has 0 N–H and O–H groups in total. The van der Waals surface area contributed by atoms with Crippen molar-refractivity contribution >= 4 is 16.9 Å². The molecule has 4 aromatic rings. The van der Waals surface area contributed by atoms with Crippen molar-refractivity contribution in [3.63, 3.8) is 0 Å². The fourth-order valence-electron chi connectivity index (χ4n) is 4.90. The number of nitrogens with zero attached hydrogens (tertiary/aromatic N) is 1. The van der Waals surface area contributed by atoms with Crippen LogP contribution in [0.25, 0.3) is 10.8 Å². The highest BCUT2D eigenvalue weighted by molar-refractivity contribution is 5.82. The summed E-state index contributed by atoms with van der Waals surface area (Å²) in [7, 11) is 0. The van der Waals surface area contributed by atoms with Gasteiger partial charge in [-0.15, -0.1) is 0 Å². The van der Waals surface area contributed by atoms with Crippen LogP contribution in [0.3, 0.4) is 0 Å². The van der Waals surface area contributed by atoms with E-state index >= 15 is 0 Å². The summed E-state index contributed by atoms with van der Waals surface area (Å²) in [6.45, 7) is 1.81. The van der Waals surface area contributed by atoms with Crippen molar-refractivity contribution in [1.29, 1.82) is 0 Å². The van der Waals surface area contributed by atoms with Crippen molar-refractivity contribution in [2.75, 3.05) is 19.7 Å². The zero-order valence-electron chi connectivity index (χ0n) is 20.2. The number of rotatable bonds is 8. The van der Waals surface area contributed by atoms with Crippen LogP contribution >= 0.6 is 0 Å². The molecule has 0 saturated carbocycles. The number of hydrogen-bond donors (Lipinski definition) is 0. The van der Waals surface area contributed by atoms with Gasteiger partial charge in [-0.2, -0.15) is 0 Å². The molecule has 2 atom stereocenters. The van der Waals surface area contributed by atoms with Crippen LogP contribution in [0.15, 0.2) is 97.1 Å². The monoisotopic (exact) mass is 480 g/mol. The van der Waals surface area contributed by atoms with E-state index in [9.17, 15) is 9.90 Å². The fourth-order valence-corrected chi connectivity index (χ4v) is 4.90. The topological polar surface area (TPSA) is 61.8 Å².